The van der Waals surface area contributed by atoms with E-state index < -0.39 is 0 Å². The monoisotopic (exact) mass is 203 g/mol. The second kappa shape index (κ2) is 23.8. The van der Waals surface area contributed by atoms with E-state index in [1.54, 1.807) is 0 Å². The Morgan fingerprint density at radius 2 is 0.500 bits per heavy atom. The normalized spacial score (nSPS) is 0. The summed E-state index contributed by atoms with van der Waals surface area (Å²) in [6, 6.07) is 0. The van der Waals surface area contributed by atoms with Crippen LogP contribution < -0.4 is 37.2 Å². The van der Waals surface area contributed by atoms with E-state index in [4.69, 9.17) is 0 Å². The van der Waals surface area contributed by atoms with E-state index >= 15 is 0 Å². The third kappa shape index (κ3) is 9.59. The minimum absolute atomic E-state index is 0. The number of rotatable bonds is 0. The number of halogens is 3. The largest absolute Gasteiger partial charge is 1.00 e. The van der Waals surface area contributed by atoms with Gasteiger partial charge in [-0.1, -0.05) is 0 Å². The van der Waals surface area contributed by atoms with Gasteiger partial charge in [-0.3, -0.25) is 0 Å². The Kier molecular flexibility index (Phi) is 283. The molecule has 0 aliphatic heterocycles. The zero-order valence-corrected chi connectivity index (χ0v) is 5.82. The molecule has 0 N–H and O–H groups in total. The van der Waals surface area contributed by atoms with Crippen LogP contribution in [-0.2, 0) is 21.1 Å². The summed E-state index contributed by atoms with van der Waals surface area (Å²) in [5.74, 6) is 0. The smallest absolute Gasteiger partial charge is 0 e. The van der Waals surface area contributed by atoms with Crippen LogP contribution in [0.25, 0.3) is 0 Å². The summed E-state index contributed by atoms with van der Waals surface area (Å²) in [5.41, 5.74) is 0. The van der Waals surface area contributed by atoms with Crippen molar-refractivity contribution in [3.05, 3.63) is 0 Å². The van der Waals surface area contributed by atoms with Crippen molar-refractivity contribution in [3.8, 4) is 0 Å². The Bertz CT molecular complexity index is 3.25. The fourth-order valence-electron chi connectivity index (χ4n) is 0. The SMILES string of the molecule is [Cl-].[Cl-].[Cl-].[Mo]. The van der Waals surface area contributed by atoms with Crippen LogP contribution in [0.4, 0.5) is 0 Å². The fourth-order valence-corrected chi connectivity index (χ4v) is 0. The summed E-state index contributed by atoms with van der Waals surface area (Å²) in [6.45, 7) is 0. The average Bonchev–Trinajstić information content (AvgIpc) is 0. The van der Waals surface area contributed by atoms with Crippen LogP contribution >= 0.6 is 0 Å². The molecular weight excluding hydrogens is 202 g/mol. The van der Waals surface area contributed by atoms with Crippen LogP contribution in [0.15, 0.2) is 0 Å². The van der Waals surface area contributed by atoms with E-state index in [1.165, 1.54) is 0 Å². The van der Waals surface area contributed by atoms with Gasteiger partial charge in [0.2, 0.25) is 0 Å². The molecule has 0 aliphatic carbocycles. The van der Waals surface area contributed by atoms with Gasteiger partial charge in [0.25, 0.3) is 0 Å². The van der Waals surface area contributed by atoms with Crippen molar-refractivity contribution < 1.29 is 58.3 Å². The molecule has 0 aromatic rings. The molecule has 0 rings (SSSR count). The Morgan fingerprint density at radius 1 is 0.500 bits per heavy atom. The molecule has 0 atom stereocenters. The first kappa shape index (κ1) is 47.6. The maximum atomic E-state index is 0. The Labute approximate surface area is 58.2 Å². The van der Waals surface area contributed by atoms with Gasteiger partial charge in [-0.15, -0.1) is 0 Å². The molecule has 0 fully saturated rings. The van der Waals surface area contributed by atoms with Gasteiger partial charge < -0.3 is 37.2 Å². The summed E-state index contributed by atoms with van der Waals surface area (Å²) in [5, 5.41) is 0. The fraction of sp³-hybridized carbons (Fsp3) is 0. The summed E-state index contributed by atoms with van der Waals surface area (Å²) < 4.78 is 0. The van der Waals surface area contributed by atoms with Crippen molar-refractivity contribution in [1.82, 2.24) is 0 Å². The predicted molar refractivity (Wildman–Crippen MR) is 0 cm³/mol. The zero-order chi connectivity index (χ0) is 0. The summed E-state index contributed by atoms with van der Waals surface area (Å²) in [6.07, 6.45) is 0. The maximum absolute atomic E-state index is 0. The van der Waals surface area contributed by atoms with Crippen LogP contribution in [0.1, 0.15) is 0 Å². The molecule has 4 heteroatoms. The molecule has 0 radical (unpaired) electrons. The van der Waals surface area contributed by atoms with Crippen molar-refractivity contribution >= 4 is 0 Å². The second-order valence-corrected chi connectivity index (χ2v) is 0. The molecule has 0 nitrogen and oxygen atoms in total. The summed E-state index contributed by atoms with van der Waals surface area (Å²) in [4.78, 5) is 0. The minimum Gasteiger partial charge on any atom is -1.00 e. The Balaban J connectivity index is 0. The predicted octanol–water partition coefficient (Wildman–Crippen LogP) is -8.99. The number of hydrogen-bond acceptors (Lipinski definition) is 0. The van der Waals surface area contributed by atoms with Gasteiger partial charge in [0.1, 0.15) is 0 Å². The van der Waals surface area contributed by atoms with Gasteiger partial charge in [-0.2, -0.15) is 0 Å². The van der Waals surface area contributed by atoms with Crippen LogP contribution in [0.2, 0.25) is 0 Å². The standard InChI is InChI=1S/3ClH.Mo/h3*1H;/p-3. The van der Waals surface area contributed by atoms with Crippen molar-refractivity contribution in [2.24, 2.45) is 0 Å². The van der Waals surface area contributed by atoms with Gasteiger partial charge in [0.15, 0.2) is 0 Å². The van der Waals surface area contributed by atoms with Crippen molar-refractivity contribution in [2.75, 3.05) is 0 Å². The minimum atomic E-state index is 0. The first-order valence-electron chi connectivity index (χ1n) is 0. The Hall–Kier alpha value is 1.56. The third-order valence-corrected chi connectivity index (χ3v) is 0. The van der Waals surface area contributed by atoms with Crippen molar-refractivity contribution in [2.45, 2.75) is 0 Å². The Morgan fingerprint density at radius 3 is 0.500 bits per heavy atom. The van der Waals surface area contributed by atoms with E-state index in [1.807, 2.05) is 0 Å². The first-order chi connectivity index (χ1) is 0. The quantitative estimate of drug-likeness (QED) is 0.342. The first-order valence-corrected chi connectivity index (χ1v) is 0. The molecule has 0 saturated heterocycles. The molecule has 0 heterocycles. The average molecular weight is 202 g/mol. The second-order valence-electron chi connectivity index (χ2n) is 0. The summed E-state index contributed by atoms with van der Waals surface area (Å²) >= 11 is 0. The van der Waals surface area contributed by atoms with E-state index in [2.05, 4.69) is 0 Å². The molecule has 0 aliphatic rings. The van der Waals surface area contributed by atoms with E-state index in [0.29, 0.717) is 0 Å². The van der Waals surface area contributed by atoms with Gasteiger partial charge in [-0.25, -0.2) is 0 Å². The van der Waals surface area contributed by atoms with Gasteiger partial charge in [-0.05, 0) is 0 Å². The van der Waals surface area contributed by atoms with Crippen molar-refractivity contribution in [3.63, 3.8) is 0 Å². The molecule has 0 unspecified atom stereocenters. The zero-order valence-electron chi connectivity index (χ0n) is 1.54. The van der Waals surface area contributed by atoms with Gasteiger partial charge in [0.05, 0.1) is 0 Å². The molecule has 30 valence electrons. The molecular formula is Cl3Mo-3. The van der Waals surface area contributed by atoms with Crippen molar-refractivity contribution in [1.29, 1.82) is 0 Å². The van der Waals surface area contributed by atoms with Crippen LogP contribution in [0.5, 0.6) is 0 Å². The molecule has 0 spiro atoms. The molecule has 0 aromatic heterocycles. The molecule has 4 heavy (non-hydrogen) atoms. The molecule has 0 aromatic carbocycles. The van der Waals surface area contributed by atoms with Crippen LogP contribution in [-0.4, -0.2) is 0 Å². The molecule has 0 bridgehead atoms. The maximum Gasteiger partial charge on any atom is 0 e. The molecule has 0 amide bonds. The van der Waals surface area contributed by atoms with E-state index in [0.717, 1.165) is 0 Å². The van der Waals surface area contributed by atoms with Gasteiger partial charge in [0, 0.05) is 21.1 Å². The van der Waals surface area contributed by atoms with Crippen LogP contribution in [0.3, 0.4) is 0 Å². The third-order valence-electron chi connectivity index (χ3n) is 0. The van der Waals surface area contributed by atoms with Gasteiger partial charge >= 0.3 is 0 Å². The topological polar surface area (TPSA) is 0 Å². The molecule has 0 saturated carbocycles. The van der Waals surface area contributed by atoms with Crippen LogP contribution in [0, 0.1) is 0 Å². The number of hydrogen-bond donors (Lipinski definition) is 0. The summed E-state index contributed by atoms with van der Waals surface area (Å²) in [7, 11) is 0. The van der Waals surface area contributed by atoms with E-state index in [-0.39, 0.29) is 58.3 Å². The van der Waals surface area contributed by atoms with E-state index in [9.17, 15) is 0 Å².